The Morgan fingerprint density at radius 1 is 0.950 bits per heavy atom. The van der Waals surface area contributed by atoms with Crippen LogP contribution in [0.3, 0.4) is 0 Å². The van der Waals surface area contributed by atoms with Gasteiger partial charge in [-0.25, -0.2) is 0 Å². The van der Waals surface area contributed by atoms with Gasteiger partial charge in [-0.15, -0.1) is 0 Å². The van der Waals surface area contributed by atoms with Gasteiger partial charge in [0.15, 0.2) is 0 Å². The van der Waals surface area contributed by atoms with Crippen molar-refractivity contribution in [3.63, 3.8) is 0 Å². The summed E-state index contributed by atoms with van der Waals surface area (Å²) in [6, 6.07) is 12.9. The van der Waals surface area contributed by atoms with Gasteiger partial charge < -0.3 is 5.32 Å². The molecule has 0 atom stereocenters. The molecule has 2 heteroatoms. The third kappa shape index (κ3) is 3.62. The molecule has 0 fully saturated rings. The van der Waals surface area contributed by atoms with Gasteiger partial charge in [0.2, 0.25) is 0 Å². The summed E-state index contributed by atoms with van der Waals surface area (Å²) in [5, 5.41) is 4.24. The minimum atomic E-state index is 0.825. The lowest BCUT2D eigenvalue weighted by Gasteiger charge is -2.10. The summed E-state index contributed by atoms with van der Waals surface area (Å²) in [5.41, 5.74) is 6.29. The predicted octanol–water partition coefficient (Wildman–Crippen LogP) is 5.12. The van der Waals surface area contributed by atoms with Crippen LogP contribution >= 0.6 is 11.6 Å². The van der Waals surface area contributed by atoms with E-state index >= 15 is 0 Å². The highest BCUT2D eigenvalue weighted by atomic mass is 35.5. The molecule has 1 nitrogen and oxygen atoms in total. The first-order valence-corrected chi connectivity index (χ1v) is 7.56. The van der Waals surface area contributed by atoms with Gasteiger partial charge in [0.25, 0.3) is 0 Å². The second-order valence-electron chi connectivity index (χ2n) is 5.28. The lowest BCUT2D eigenvalue weighted by atomic mass is 9.99. The number of hydrogen-bond donors (Lipinski definition) is 1. The zero-order valence-electron chi connectivity index (χ0n) is 12.5. The summed E-state index contributed by atoms with van der Waals surface area (Å²) in [6.07, 6.45) is 1.13. The fraction of sp³-hybridized carbons (Fsp3) is 0.333. The number of halogens is 1. The summed E-state index contributed by atoms with van der Waals surface area (Å²) < 4.78 is 0. The molecule has 0 bridgehead atoms. The van der Waals surface area contributed by atoms with E-state index in [4.69, 9.17) is 11.6 Å². The van der Waals surface area contributed by atoms with Gasteiger partial charge in [-0.3, -0.25) is 0 Å². The van der Waals surface area contributed by atoms with E-state index < -0.39 is 0 Å². The zero-order valence-corrected chi connectivity index (χ0v) is 13.2. The Kier molecular flexibility index (Phi) is 5.22. The topological polar surface area (TPSA) is 12.0 Å². The van der Waals surface area contributed by atoms with Gasteiger partial charge >= 0.3 is 0 Å². The maximum absolute atomic E-state index is 6.28. The van der Waals surface area contributed by atoms with Crippen molar-refractivity contribution < 1.29 is 0 Å². The molecule has 2 aromatic carbocycles. The Bertz CT molecular complexity index is 590. The van der Waals surface area contributed by atoms with Crippen molar-refractivity contribution in [3.8, 4) is 11.1 Å². The fourth-order valence-electron chi connectivity index (χ4n) is 2.21. The molecule has 0 radical (unpaired) electrons. The van der Waals surface area contributed by atoms with E-state index in [1.54, 1.807) is 0 Å². The molecule has 106 valence electrons. The van der Waals surface area contributed by atoms with E-state index in [0.29, 0.717) is 0 Å². The molecule has 2 aromatic rings. The Morgan fingerprint density at radius 2 is 1.65 bits per heavy atom. The predicted molar refractivity (Wildman–Crippen MR) is 88.4 cm³/mol. The van der Waals surface area contributed by atoms with Gasteiger partial charge in [0.05, 0.1) is 0 Å². The molecule has 0 spiro atoms. The highest BCUT2D eigenvalue weighted by Crippen LogP contribution is 2.26. The molecule has 0 aliphatic rings. The van der Waals surface area contributed by atoms with Gasteiger partial charge in [0.1, 0.15) is 0 Å². The van der Waals surface area contributed by atoms with Crippen LogP contribution < -0.4 is 5.32 Å². The molecule has 0 saturated heterocycles. The van der Waals surface area contributed by atoms with Crippen LogP contribution in [0, 0.1) is 13.8 Å². The molecule has 0 saturated carbocycles. The molecular formula is C18H22ClN. The van der Waals surface area contributed by atoms with E-state index in [1.165, 1.54) is 22.3 Å². The van der Waals surface area contributed by atoms with Gasteiger partial charge in [0, 0.05) is 11.6 Å². The standard InChI is InChI=1S/C18H22ClN/c1-4-9-20-12-17-11-16(7-8-18(17)19)15-6-5-13(2)14(3)10-15/h5-8,10-11,20H,4,9,12H2,1-3H3. The molecule has 0 unspecified atom stereocenters. The number of rotatable bonds is 5. The number of aryl methyl sites for hydroxylation is 2. The monoisotopic (exact) mass is 287 g/mol. The summed E-state index contributed by atoms with van der Waals surface area (Å²) in [7, 11) is 0. The van der Waals surface area contributed by atoms with Crippen LogP contribution in [-0.4, -0.2) is 6.54 Å². The summed E-state index contributed by atoms with van der Waals surface area (Å²) in [5.74, 6) is 0. The van der Waals surface area contributed by atoms with Crippen molar-refractivity contribution in [2.45, 2.75) is 33.7 Å². The lowest BCUT2D eigenvalue weighted by molar-refractivity contribution is 0.676. The van der Waals surface area contributed by atoms with Crippen LogP contribution in [0.4, 0.5) is 0 Å². The van der Waals surface area contributed by atoms with Crippen molar-refractivity contribution in [1.29, 1.82) is 0 Å². The first-order chi connectivity index (χ1) is 9.61. The number of hydrogen-bond acceptors (Lipinski definition) is 1. The third-order valence-electron chi connectivity index (χ3n) is 3.63. The second-order valence-corrected chi connectivity index (χ2v) is 5.69. The zero-order chi connectivity index (χ0) is 14.5. The summed E-state index contributed by atoms with van der Waals surface area (Å²) in [6.45, 7) is 8.30. The quantitative estimate of drug-likeness (QED) is 0.752. The first-order valence-electron chi connectivity index (χ1n) is 7.18. The van der Waals surface area contributed by atoms with Crippen LogP contribution in [0.1, 0.15) is 30.0 Å². The Labute approximate surface area is 127 Å². The van der Waals surface area contributed by atoms with Crippen LogP contribution in [0.25, 0.3) is 11.1 Å². The molecule has 20 heavy (non-hydrogen) atoms. The second kappa shape index (κ2) is 6.92. The Morgan fingerprint density at radius 3 is 2.35 bits per heavy atom. The van der Waals surface area contributed by atoms with Gasteiger partial charge in [-0.05, 0) is 66.8 Å². The average molecular weight is 288 g/mol. The molecule has 0 amide bonds. The molecule has 0 aliphatic carbocycles. The summed E-state index contributed by atoms with van der Waals surface area (Å²) in [4.78, 5) is 0. The molecule has 0 aromatic heterocycles. The minimum Gasteiger partial charge on any atom is -0.313 e. The first kappa shape index (κ1) is 15.1. The maximum atomic E-state index is 6.28. The van der Waals surface area contributed by atoms with Crippen LogP contribution in [-0.2, 0) is 6.54 Å². The van der Waals surface area contributed by atoms with Crippen molar-refractivity contribution in [3.05, 3.63) is 58.1 Å². The van der Waals surface area contributed by atoms with E-state index in [0.717, 1.165) is 30.1 Å². The minimum absolute atomic E-state index is 0.825. The van der Waals surface area contributed by atoms with Crippen molar-refractivity contribution in [1.82, 2.24) is 5.32 Å². The third-order valence-corrected chi connectivity index (χ3v) is 4.00. The molecule has 1 N–H and O–H groups in total. The van der Waals surface area contributed by atoms with Crippen molar-refractivity contribution in [2.75, 3.05) is 6.54 Å². The maximum Gasteiger partial charge on any atom is 0.0451 e. The van der Waals surface area contributed by atoms with E-state index in [1.807, 2.05) is 6.07 Å². The number of benzene rings is 2. The Balaban J connectivity index is 2.27. The summed E-state index contributed by atoms with van der Waals surface area (Å²) >= 11 is 6.28. The van der Waals surface area contributed by atoms with E-state index in [2.05, 4.69) is 56.4 Å². The molecular weight excluding hydrogens is 266 g/mol. The van der Waals surface area contributed by atoms with Gasteiger partial charge in [-0.1, -0.05) is 42.8 Å². The number of nitrogens with one attached hydrogen (secondary N) is 1. The largest absolute Gasteiger partial charge is 0.313 e. The lowest BCUT2D eigenvalue weighted by Crippen LogP contribution is -2.14. The normalized spacial score (nSPS) is 10.8. The van der Waals surface area contributed by atoms with E-state index in [-0.39, 0.29) is 0 Å². The molecule has 2 rings (SSSR count). The Hall–Kier alpha value is -1.31. The fourth-order valence-corrected chi connectivity index (χ4v) is 2.39. The average Bonchev–Trinajstić information content (AvgIpc) is 2.44. The van der Waals surface area contributed by atoms with E-state index in [9.17, 15) is 0 Å². The highest BCUT2D eigenvalue weighted by Gasteiger charge is 2.05. The molecule has 0 aliphatic heterocycles. The van der Waals surface area contributed by atoms with Crippen molar-refractivity contribution in [2.24, 2.45) is 0 Å². The smallest absolute Gasteiger partial charge is 0.0451 e. The van der Waals surface area contributed by atoms with Crippen LogP contribution in [0.15, 0.2) is 36.4 Å². The molecule has 0 heterocycles. The van der Waals surface area contributed by atoms with Gasteiger partial charge in [-0.2, -0.15) is 0 Å². The highest BCUT2D eigenvalue weighted by molar-refractivity contribution is 6.31. The van der Waals surface area contributed by atoms with Crippen LogP contribution in [0.2, 0.25) is 5.02 Å². The SMILES string of the molecule is CCCNCc1cc(-c2ccc(C)c(C)c2)ccc1Cl. The van der Waals surface area contributed by atoms with Crippen LogP contribution in [0.5, 0.6) is 0 Å². The van der Waals surface area contributed by atoms with Crippen molar-refractivity contribution >= 4 is 11.6 Å².